The molecule has 1 atom stereocenters. The van der Waals surface area contributed by atoms with Crippen LogP contribution in [0.5, 0.6) is 0 Å². The second-order valence-corrected chi connectivity index (χ2v) is 6.39. The van der Waals surface area contributed by atoms with Gasteiger partial charge < -0.3 is 9.84 Å². The second-order valence-electron chi connectivity index (χ2n) is 5.95. The lowest BCUT2D eigenvalue weighted by Crippen LogP contribution is -2.22. The molecule has 2 aromatic rings. The van der Waals surface area contributed by atoms with Gasteiger partial charge in [-0.15, -0.1) is 0 Å². The van der Waals surface area contributed by atoms with Gasteiger partial charge in [0.25, 0.3) is 5.69 Å². The van der Waals surface area contributed by atoms with Gasteiger partial charge in [-0.05, 0) is 50.1 Å². The Hall–Kier alpha value is -2.97. The number of carbonyl (C=O) groups excluding carboxylic acids is 1. The topological polar surface area (TPSA) is 114 Å². The van der Waals surface area contributed by atoms with E-state index in [4.69, 9.17) is 16.3 Å². The third-order valence-corrected chi connectivity index (χ3v) is 3.96. The van der Waals surface area contributed by atoms with E-state index in [0.717, 1.165) is 5.56 Å². The SMILES string of the molecule is CCOC(=O)N/N=C(\c1ccc([N+](=O)[O-])cc1)c1cc(Cl)ccc1CC(C)O. The number of nitrogens with zero attached hydrogens (tertiary/aromatic N) is 2. The van der Waals surface area contributed by atoms with Crippen molar-refractivity contribution in [2.75, 3.05) is 6.61 Å². The molecule has 0 aliphatic carbocycles. The number of amides is 1. The fraction of sp³-hybridized carbons (Fsp3) is 0.263. The summed E-state index contributed by atoms with van der Waals surface area (Å²) < 4.78 is 4.82. The Labute approximate surface area is 166 Å². The number of non-ortho nitro benzene ring substituents is 1. The number of hydrazone groups is 1. The van der Waals surface area contributed by atoms with E-state index in [1.807, 2.05) is 0 Å². The average molecular weight is 406 g/mol. The molecule has 9 heteroatoms. The summed E-state index contributed by atoms with van der Waals surface area (Å²) in [6.07, 6.45) is -1.02. The van der Waals surface area contributed by atoms with Gasteiger partial charge in [0.15, 0.2) is 0 Å². The Morgan fingerprint density at radius 3 is 2.57 bits per heavy atom. The van der Waals surface area contributed by atoms with Gasteiger partial charge in [-0.3, -0.25) is 10.1 Å². The molecule has 0 bridgehead atoms. The predicted molar refractivity (Wildman–Crippen MR) is 106 cm³/mol. The Morgan fingerprint density at radius 1 is 1.32 bits per heavy atom. The fourth-order valence-corrected chi connectivity index (χ4v) is 2.72. The van der Waals surface area contributed by atoms with Crippen molar-refractivity contribution in [3.05, 3.63) is 74.3 Å². The highest BCUT2D eigenvalue weighted by atomic mass is 35.5. The van der Waals surface area contributed by atoms with Crippen LogP contribution in [-0.2, 0) is 11.2 Å². The van der Waals surface area contributed by atoms with E-state index in [-0.39, 0.29) is 12.3 Å². The number of nitro benzene ring substituents is 1. The van der Waals surface area contributed by atoms with Crippen LogP contribution in [0.1, 0.15) is 30.5 Å². The van der Waals surface area contributed by atoms with Crippen molar-refractivity contribution in [1.82, 2.24) is 5.43 Å². The molecule has 1 unspecified atom stereocenters. The van der Waals surface area contributed by atoms with E-state index in [1.165, 1.54) is 24.3 Å². The number of rotatable bonds is 7. The largest absolute Gasteiger partial charge is 0.449 e. The molecule has 0 spiro atoms. The first-order chi connectivity index (χ1) is 13.3. The Bertz CT molecular complexity index is 882. The number of aliphatic hydroxyl groups excluding tert-OH is 1. The van der Waals surface area contributed by atoms with E-state index < -0.39 is 17.1 Å². The number of carbonyl (C=O) groups is 1. The lowest BCUT2D eigenvalue weighted by atomic mass is 9.94. The molecule has 2 aromatic carbocycles. The molecular weight excluding hydrogens is 386 g/mol. The Kier molecular flexibility index (Phi) is 7.48. The van der Waals surface area contributed by atoms with Crippen LogP contribution in [0.2, 0.25) is 5.02 Å². The van der Waals surface area contributed by atoms with E-state index in [1.54, 1.807) is 32.0 Å². The summed E-state index contributed by atoms with van der Waals surface area (Å²) in [4.78, 5) is 22.1. The summed E-state index contributed by atoms with van der Waals surface area (Å²) in [5.41, 5.74) is 4.43. The van der Waals surface area contributed by atoms with Gasteiger partial charge >= 0.3 is 6.09 Å². The molecule has 0 heterocycles. The smallest absolute Gasteiger partial charge is 0.427 e. The number of nitro groups is 1. The third-order valence-electron chi connectivity index (χ3n) is 3.73. The number of hydrogen-bond donors (Lipinski definition) is 2. The molecule has 0 aliphatic rings. The molecule has 0 aromatic heterocycles. The second kappa shape index (κ2) is 9.82. The third kappa shape index (κ3) is 5.77. The summed E-state index contributed by atoms with van der Waals surface area (Å²) in [6.45, 7) is 3.49. The van der Waals surface area contributed by atoms with E-state index in [0.29, 0.717) is 28.3 Å². The number of halogens is 1. The van der Waals surface area contributed by atoms with Crippen LogP contribution < -0.4 is 5.43 Å². The summed E-state index contributed by atoms with van der Waals surface area (Å²) in [5, 5.41) is 25.3. The lowest BCUT2D eigenvalue weighted by Gasteiger charge is -2.14. The summed E-state index contributed by atoms with van der Waals surface area (Å²) in [6, 6.07) is 10.8. The lowest BCUT2D eigenvalue weighted by molar-refractivity contribution is -0.384. The highest BCUT2D eigenvalue weighted by Crippen LogP contribution is 2.23. The van der Waals surface area contributed by atoms with Crippen molar-refractivity contribution >= 4 is 29.1 Å². The number of ether oxygens (including phenoxy) is 1. The Balaban J connectivity index is 2.55. The van der Waals surface area contributed by atoms with Crippen molar-refractivity contribution in [3.63, 3.8) is 0 Å². The van der Waals surface area contributed by atoms with Crippen LogP contribution in [0, 0.1) is 10.1 Å². The van der Waals surface area contributed by atoms with Gasteiger partial charge in [-0.1, -0.05) is 17.7 Å². The van der Waals surface area contributed by atoms with Crippen molar-refractivity contribution in [1.29, 1.82) is 0 Å². The van der Waals surface area contributed by atoms with Gasteiger partial charge in [-0.25, -0.2) is 10.2 Å². The maximum absolute atomic E-state index is 11.7. The Morgan fingerprint density at radius 2 is 2.00 bits per heavy atom. The minimum absolute atomic E-state index is 0.0725. The molecule has 2 N–H and O–H groups in total. The molecule has 0 saturated carbocycles. The van der Waals surface area contributed by atoms with Gasteiger partial charge in [-0.2, -0.15) is 5.10 Å². The molecule has 2 rings (SSSR count). The molecule has 28 heavy (non-hydrogen) atoms. The van der Waals surface area contributed by atoms with E-state index in [9.17, 15) is 20.0 Å². The van der Waals surface area contributed by atoms with Crippen molar-refractivity contribution < 1.29 is 19.6 Å². The van der Waals surface area contributed by atoms with E-state index in [2.05, 4.69) is 10.5 Å². The van der Waals surface area contributed by atoms with Crippen LogP contribution in [0.15, 0.2) is 47.6 Å². The van der Waals surface area contributed by atoms with Crippen LogP contribution in [-0.4, -0.2) is 34.5 Å². The molecule has 0 radical (unpaired) electrons. The standard InChI is InChI=1S/C19H20ClN3O5/c1-3-28-19(25)22-21-18(13-5-8-16(9-6-13)23(26)27)17-11-15(20)7-4-14(17)10-12(2)24/h4-9,11-12,24H,3,10H2,1-2H3,(H,22,25)/b21-18+. The summed E-state index contributed by atoms with van der Waals surface area (Å²) >= 11 is 6.15. The first kappa shape index (κ1) is 21.3. The van der Waals surface area contributed by atoms with Crippen LogP contribution in [0.3, 0.4) is 0 Å². The molecule has 148 valence electrons. The zero-order valence-corrected chi connectivity index (χ0v) is 16.1. The average Bonchev–Trinajstić information content (AvgIpc) is 2.64. The van der Waals surface area contributed by atoms with Gasteiger partial charge in [0.1, 0.15) is 0 Å². The van der Waals surface area contributed by atoms with Crippen LogP contribution in [0.25, 0.3) is 0 Å². The van der Waals surface area contributed by atoms with Crippen molar-refractivity contribution in [3.8, 4) is 0 Å². The highest BCUT2D eigenvalue weighted by molar-refractivity contribution is 6.31. The number of hydrogen-bond acceptors (Lipinski definition) is 6. The molecular formula is C19H20ClN3O5. The van der Waals surface area contributed by atoms with Crippen LogP contribution >= 0.6 is 11.6 Å². The number of benzene rings is 2. The van der Waals surface area contributed by atoms with Gasteiger partial charge in [0.2, 0.25) is 0 Å². The molecule has 0 aliphatic heterocycles. The quantitative estimate of drug-likeness (QED) is 0.414. The zero-order chi connectivity index (χ0) is 20.7. The zero-order valence-electron chi connectivity index (χ0n) is 15.4. The summed E-state index contributed by atoms with van der Waals surface area (Å²) in [5.74, 6) is 0. The monoisotopic (exact) mass is 405 g/mol. The fourth-order valence-electron chi connectivity index (χ4n) is 2.55. The molecule has 1 amide bonds. The van der Waals surface area contributed by atoms with Gasteiger partial charge in [0.05, 0.1) is 23.3 Å². The normalized spacial score (nSPS) is 12.4. The first-order valence-electron chi connectivity index (χ1n) is 8.54. The van der Waals surface area contributed by atoms with Gasteiger partial charge in [0, 0.05) is 28.3 Å². The predicted octanol–water partition coefficient (Wildman–Crippen LogP) is 3.67. The first-order valence-corrected chi connectivity index (χ1v) is 8.91. The van der Waals surface area contributed by atoms with Crippen molar-refractivity contribution in [2.45, 2.75) is 26.4 Å². The summed E-state index contributed by atoms with van der Waals surface area (Å²) in [7, 11) is 0. The molecule has 0 fully saturated rings. The van der Waals surface area contributed by atoms with E-state index >= 15 is 0 Å². The number of aliphatic hydroxyl groups is 1. The molecule has 0 saturated heterocycles. The van der Waals surface area contributed by atoms with Crippen molar-refractivity contribution in [2.24, 2.45) is 5.10 Å². The minimum Gasteiger partial charge on any atom is -0.449 e. The maximum atomic E-state index is 11.7. The maximum Gasteiger partial charge on any atom is 0.427 e. The minimum atomic E-state index is -0.735. The number of nitrogens with one attached hydrogen (secondary N) is 1. The van der Waals surface area contributed by atoms with Crippen LogP contribution in [0.4, 0.5) is 10.5 Å². The highest BCUT2D eigenvalue weighted by Gasteiger charge is 2.16. The molecule has 8 nitrogen and oxygen atoms in total.